The fourth-order valence-corrected chi connectivity index (χ4v) is 6.65. The molecule has 0 unspecified atom stereocenters. The molecule has 6 heteroatoms. The van der Waals surface area contributed by atoms with Crippen LogP contribution in [0, 0.1) is 36.5 Å². The molecule has 1 amide bonds. The Bertz CT molecular complexity index is 775. The number of benzene rings is 1. The Kier molecular flexibility index (Phi) is 4.15. The number of nitrogens with one attached hydrogen (secondary N) is 2. The van der Waals surface area contributed by atoms with Crippen molar-refractivity contribution in [3.63, 3.8) is 0 Å². The number of aryl methyl sites for hydroxylation is 1. The largest absolute Gasteiger partial charge is 0.326 e. The van der Waals surface area contributed by atoms with Gasteiger partial charge in [-0.25, -0.2) is 13.1 Å². The quantitative estimate of drug-likeness (QED) is 0.865. The zero-order valence-corrected chi connectivity index (χ0v) is 15.6. The van der Waals surface area contributed by atoms with Crippen molar-refractivity contribution < 1.29 is 13.2 Å². The summed E-state index contributed by atoms with van der Waals surface area (Å²) in [5, 5.41) is 3.00. The lowest BCUT2D eigenvalue weighted by Crippen LogP contribution is -2.49. The molecule has 4 saturated carbocycles. The van der Waals surface area contributed by atoms with Crippen LogP contribution in [0.25, 0.3) is 0 Å². The number of amides is 1. The third-order valence-corrected chi connectivity index (χ3v) is 8.10. The predicted molar refractivity (Wildman–Crippen MR) is 96.6 cm³/mol. The summed E-state index contributed by atoms with van der Waals surface area (Å²) in [5.74, 6) is 2.87. The first-order chi connectivity index (χ1) is 11.9. The van der Waals surface area contributed by atoms with Gasteiger partial charge in [0.1, 0.15) is 0 Å². The zero-order valence-electron chi connectivity index (χ0n) is 14.8. The highest BCUT2D eigenvalue weighted by molar-refractivity contribution is 7.89. The van der Waals surface area contributed by atoms with Crippen LogP contribution in [0.4, 0.5) is 5.69 Å². The van der Waals surface area contributed by atoms with Crippen LogP contribution in [0.15, 0.2) is 23.1 Å². The van der Waals surface area contributed by atoms with Crippen molar-refractivity contribution in [1.29, 1.82) is 0 Å². The molecule has 4 aliphatic carbocycles. The topological polar surface area (TPSA) is 75.3 Å². The van der Waals surface area contributed by atoms with Gasteiger partial charge in [0.05, 0.1) is 4.90 Å². The Morgan fingerprint density at radius 3 is 2.20 bits per heavy atom. The number of rotatable bonds is 4. The van der Waals surface area contributed by atoms with E-state index in [9.17, 15) is 13.2 Å². The standard InChI is InChI=1S/C19H26N2O3S/c1-11-3-4-16(10-17(11)25(23,24)20-2)21-19(22)18-14-6-12-5-13(8-14)9-15(18)7-12/h3-4,10,12-15,18,20H,5-9H2,1-2H3,(H,21,22). The molecule has 136 valence electrons. The summed E-state index contributed by atoms with van der Waals surface area (Å²) in [7, 11) is -2.13. The van der Waals surface area contributed by atoms with E-state index in [1.165, 1.54) is 39.2 Å². The van der Waals surface area contributed by atoms with Gasteiger partial charge in [-0.15, -0.1) is 0 Å². The molecule has 0 saturated heterocycles. The molecule has 2 N–H and O–H groups in total. The minimum absolute atomic E-state index is 0.0745. The first kappa shape index (κ1) is 17.0. The van der Waals surface area contributed by atoms with Gasteiger partial charge < -0.3 is 5.32 Å². The maximum atomic E-state index is 12.9. The Balaban J connectivity index is 1.55. The molecule has 1 aromatic carbocycles. The molecule has 1 aromatic rings. The molecule has 0 aliphatic heterocycles. The van der Waals surface area contributed by atoms with Crippen LogP contribution in [-0.2, 0) is 14.8 Å². The minimum atomic E-state index is -3.53. The Morgan fingerprint density at radius 2 is 1.64 bits per heavy atom. The Hall–Kier alpha value is -1.40. The van der Waals surface area contributed by atoms with E-state index in [4.69, 9.17) is 0 Å². The van der Waals surface area contributed by atoms with Gasteiger partial charge in [0.15, 0.2) is 0 Å². The molecule has 0 spiro atoms. The summed E-state index contributed by atoms with van der Waals surface area (Å²) in [6, 6.07) is 5.10. The van der Waals surface area contributed by atoms with E-state index in [2.05, 4.69) is 10.0 Å². The van der Waals surface area contributed by atoms with Crippen LogP contribution in [0.1, 0.15) is 37.7 Å². The van der Waals surface area contributed by atoms with Crippen molar-refractivity contribution >= 4 is 21.6 Å². The van der Waals surface area contributed by atoms with Crippen molar-refractivity contribution in [2.75, 3.05) is 12.4 Å². The van der Waals surface area contributed by atoms with Gasteiger partial charge in [-0.1, -0.05) is 6.07 Å². The van der Waals surface area contributed by atoms with Crippen molar-refractivity contribution in [2.24, 2.45) is 29.6 Å². The van der Waals surface area contributed by atoms with Gasteiger partial charge in [-0.05, 0) is 87.4 Å². The number of carbonyl (C=O) groups excluding carboxylic acids is 1. The highest BCUT2D eigenvalue weighted by Crippen LogP contribution is 2.56. The summed E-state index contributed by atoms with van der Waals surface area (Å²) in [6.07, 6.45) is 6.14. The molecule has 0 atom stereocenters. The lowest BCUT2D eigenvalue weighted by atomic mass is 9.51. The third-order valence-electron chi connectivity index (χ3n) is 6.54. The van der Waals surface area contributed by atoms with Gasteiger partial charge in [0.25, 0.3) is 0 Å². The lowest BCUT2D eigenvalue weighted by molar-refractivity contribution is -0.132. The average Bonchev–Trinajstić information content (AvgIpc) is 2.55. The molecule has 4 aliphatic rings. The maximum Gasteiger partial charge on any atom is 0.240 e. The molecule has 4 bridgehead atoms. The number of hydrogen-bond acceptors (Lipinski definition) is 3. The second kappa shape index (κ2) is 6.09. The van der Waals surface area contributed by atoms with Gasteiger partial charge in [0.2, 0.25) is 15.9 Å². The molecule has 5 nitrogen and oxygen atoms in total. The van der Waals surface area contributed by atoms with Crippen LogP contribution in [0.3, 0.4) is 0 Å². The van der Waals surface area contributed by atoms with Gasteiger partial charge in [-0.3, -0.25) is 4.79 Å². The fraction of sp³-hybridized carbons (Fsp3) is 0.632. The summed E-state index contributed by atoms with van der Waals surface area (Å²) >= 11 is 0. The van der Waals surface area contributed by atoms with E-state index in [-0.39, 0.29) is 16.7 Å². The maximum absolute atomic E-state index is 12.9. The minimum Gasteiger partial charge on any atom is -0.326 e. The molecular formula is C19H26N2O3S. The smallest absolute Gasteiger partial charge is 0.240 e. The SMILES string of the molecule is CNS(=O)(=O)c1cc(NC(=O)C2C3CC4CC(C3)CC2C4)ccc1C. The molecular weight excluding hydrogens is 336 g/mol. The molecule has 0 radical (unpaired) electrons. The second-order valence-corrected chi connectivity index (χ2v) is 9.99. The second-order valence-electron chi connectivity index (χ2n) is 8.13. The van der Waals surface area contributed by atoms with Crippen molar-refractivity contribution in [3.05, 3.63) is 23.8 Å². The highest BCUT2D eigenvalue weighted by Gasteiger charge is 2.50. The lowest BCUT2D eigenvalue weighted by Gasteiger charge is -2.53. The van der Waals surface area contributed by atoms with Gasteiger partial charge in [-0.2, -0.15) is 0 Å². The molecule has 0 heterocycles. The fourth-order valence-electron chi connectivity index (χ4n) is 5.66. The molecule has 4 fully saturated rings. The van der Waals surface area contributed by atoms with Crippen LogP contribution in [0.2, 0.25) is 0 Å². The van der Waals surface area contributed by atoms with E-state index in [1.807, 2.05) is 0 Å². The van der Waals surface area contributed by atoms with E-state index in [1.54, 1.807) is 25.1 Å². The van der Waals surface area contributed by atoms with E-state index < -0.39 is 10.0 Å². The summed E-state index contributed by atoms with van der Waals surface area (Å²) in [4.78, 5) is 13.2. The molecule has 5 rings (SSSR count). The average molecular weight is 362 g/mol. The van der Waals surface area contributed by atoms with Gasteiger partial charge >= 0.3 is 0 Å². The monoisotopic (exact) mass is 362 g/mol. The first-order valence-corrected chi connectivity index (χ1v) is 10.7. The molecule has 0 aromatic heterocycles. The summed E-state index contributed by atoms with van der Waals surface area (Å²) in [6.45, 7) is 1.76. The van der Waals surface area contributed by atoms with Crippen molar-refractivity contribution in [2.45, 2.75) is 43.9 Å². The number of sulfonamides is 1. The number of carbonyl (C=O) groups is 1. The van der Waals surface area contributed by atoms with Gasteiger partial charge in [0, 0.05) is 11.6 Å². The number of hydrogen-bond donors (Lipinski definition) is 2. The Labute approximate surface area is 149 Å². The van der Waals surface area contributed by atoms with Crippen LogP contribution >= 0.6 is 0 Å². The molecule has 25 heavy (non-hydrogen) atoms. The third kappa shape index (κ3) is 2.99. The highest BCUT2D eigenvalue weighted by atomic mass is 32.2. The summed E-state index contributed by atoms with van der Waals surface area (Å²) in [5.41, 5.74) is 1.24. The first-order valence-electron chi connectivity index (χ1n) is 9.22. The predicted octanol–water partition coefficient (Wildman–Crippen LogP) is 2.91. The summed E-state index contributed by atoms with van der Waals surface area (Å²) < 4.78 is 26.6. The number of anilines is 1. The normalized spacial score (nSPS) is 33.4. The van der Waals surface area contributed by atoms with E-state index in [0.29, 0.717) is 23.1 Å². The van der Waals surface area contributed by atoms with Crippen LogP contribution in [-0.4, -0.2) is 21.4 Å². The zero-order chi connectivity index (χ0) is 17.8. The van der Waals surface area contributed by atoms with Crippen molar-refractivity contribution in [3.8, 4) is 0 Å². The van der Waals surface area contributed by atoms with E-state index >= 15 is 0 Å². The van der Waals surface area contributed by atoms with Crippen LogP contribution < -0.4 is 10.0 Å². The van der Waals surface area contributed by atoms with E-state index in [0.717, 1.165) is 11.8 Å². The van der Waals surface area contributed by atoms with Crippen molar-refractivity contribution in [1.82, 2.24) is 4.72 Å². The Morgan fingerprint density at radius 1 is 1.04 bits per heavy atom. The van der Waals surface area contributed by atoms with Crippen LogP contribution in [0.5, 0.6) is 0 Å².